The van der Waals surface area contributed by atoms with Crippen molar-refractivity contribution in [2.75, 3.05) is 13.7 Å². The Labute approximate surface area is 230 Å². The van der Waals surface area contributed by atoms with Crippen molar-refractivity contribution in [1.82, 2.24) is 0 Å². The monoisotopic (exact) mass is 540 g/mol. The first-order valence-electron chi connectivity index (χ1n) is 13.9. The Morgan fingerprint density at radius 2 is 1.64 bits per heavy atom. The number of ether oxygens (including phenoxy) is 6. The molecule has 3 aliphatic heterocycles. The van der Waals surface area contributed by atoms with Gasteiger partial charge in [0.15, 0.2) is 0 Å². The van der Waals surface area contributed by atoms with Gasteiger partial charge in [0, 0.05) is 12.8 Å². The largest absolute Gasteiger partial charge is 0.469 e. The number of esters is 1. The summed E-state index contributed by atoms with van der Waals surface area (Å²) in [5.41, 5.74) is 1.51. The number of carbonyl (C=O) groups is 1. The summed E-state index contributed by atoms with van der Waals surface area (Å²) in [5.74, 6) is -0.397. The molecule has 3 saturated heterocycles. The minimum Gasteiger partial charge on any atom is -0.469 e. The molecular weight excluding hydrogens is 500 g/mol. The zero-order chi connectivity index (χ0) is 27.2. The fourth-order valence-corrected chi connectivity index (χ4v) is 5.99. The molecule has 0 unspecified atom stereocenters. The molecule has 8 nitrogen and oxygen atoms in total. The first-order chi connectivity index (χ1) is 18.9. The molecule has 3 aliphatic rings. The minimum atomic E-state index is -0.823. The van der Waals surface area contributed by atoms with Crippen LogP contribution in [0, 0.1) is 0 Å². The molecule has 3 fully saturated rings. The van der Waals surface area contributed by atoms with E-state index in [9.17, 15) is 9.90 Å². The van der Waals surface area contributed by atoms with Gasteiger partial charge >= 0.3 is 5.97 Å². The summed E-state index contributed by atoms with van der Waals surface area (Å²) >= 11 is 0. The first-order valence-corrected chi connectivity index (χ1v) is 13.9. The van der Waals surface area contributed by atoms with Gasteiger partial charge in [0.2, 0.25) is 0 Å². The van der Waals surface area contributed by atoms with E-state index < -0.39 is 23.8 Å². The molecule has 0 radical (unpaired) electrons. The Kier molecular flexibility index (Phi) is 9.32. The number of rotatable bonds is 9. The summed E-state index contributed by atoms with van der Waals surface area (Å²) in [5, 5.41) is 10.8. The molecule has 0 bridgehead atoms. The molecule has 5 rings (SSSR count). The molecule has 39 heavy (non-hydrogen) atoms. The highest BCUT2D eigenvalue weighted by Gasteiger charge is 2.52. The standard InChI is InChI=1S/C31H40O8/c1-31-17-23(32)25(16-30(33)34-2)38-29(31)14-13-24-27(39-31)15-26(36-19-22-11-7-4-8-12-22)28(37-24)20-35-18-21-9-5-3-6-10-21/h3-12,23-29,32H,13-20H2,1-2H3/t23-,24+,25+,26+,27-,28-,29-,31+/m1/s1. The summed E-state index contributed by atoms with van der Waals surface area (Å²) < 4.78 is 36.9. The number of benzene rings is 2. The van der Waals surface area contributed by atoms with E-state index in [0.29, 0.717) is 39.1 Å². The van der Waals surface area contributed by atoms with Crippen LogP contribution in [0.15, 0.2) is 60.7 Å². The average molecular weight is 541 g/mol. The maximum atomic E-state index is 11.9. The van der Waals surface area contributed by atoms with Crippen LogP contribution in [0.5, 0.6) is 0 Å². The van der Waals surface area contributed by atoms with Crippen LogP contribution in [0.4, 0.5) is 0 Å². The molecule has 8 atom stereocenters. The molecule has 0 amide bonds. The van der Waals surface area contributed by atoms with Crippen LogP contribution < -0.4 is 0 Å². The van der Waals surface area contributed by atoms with Crippen molar-refractivity contribution in [2.24, 2.45) is 0 Å². The van der Waals surface area contributed by atoms with Gasteiger partial charge in [-0.3, -0.25) is 4.79 Å². The lowest BCUT2D eigenvalue weighted by atomic mass is 9.84. The smallest absolute Gasteiger partial charge is 0.308 e. The van der Waals surface area contributed by atoms with Crippen LogP contribution in [-0.2, 0) is 46.4 Å². The predicted octanol–water partition coefficient (Wildman–Crippen LogP) is 3.97. The van der Waals surface area contributed by atoms with Gasteiger partial charge in [-0.15, -0.1) is 0 Å². The maximum Gasteiger partial charge on any atom is 0.308 e. The number of aliphatic hydroxyl groups excluding tert-OH is 1. The number of aliphatic hydroxyl groups is 1. The van der Waals surface area contributed by atoms with Crippen LogP contribution in [-0.4, -0.2) is 73.1 Å². The summed E-state index contributed by atoms with van der Waals surface area (Å²) in [6, 6.07) is 20.2. The third kappa shape index (κ3) is 7.06. The Hall–Kier alpha value is -2.33. The van der Waals surface area contributed by atoms with E-state index in [-0.39, 0.29) is 36.9 Å². The van der Waals surface area contributed by atoms with Crippen molar-refractivity contribution < 1.29 is 38.3 Å². The average Bonchev–Trinajstić information content (AvgIpc) is 3.08. The zero-order valence-corrected chi connectivity index (χ0v) is 22.8. The predicted molar refractivity (Wildman–Crippen MR) is 143 cm³/mol. The van der Waals surface area contributed by atoms with Gasteiger partial charge in [0.1, 0.15) is 6.10 Å². The van der Waals surface area contributed by atoms with Gasteiger partial charge < -0.3 is 33.5 Å². The molecule has 2 aromatic rings. The number of methoxy groups -OCH3 is 1. The SMILES string of the molecule is COC(=O)C[C@@H]1O[C@@H]2CC[C@@H]3O[C@H](COCc4ccccc4)[C@@H](OCc4ccccc4)C[C@H]3O[C@@]2(C)C[C@H]1O. The first kappa shape index (κ1) is 28.2. The van der Waals surface area contributed by atoms with E-state index in [0.717, 1.165) is 17.5 Å². The van der Waals surface area contributed by atoms with Crippen LogP contribution in [0.25, 0.3) is 0 Å². The highest BCUT2D eigenvalue weighted by atomic mass is 16.6. The molecule has 0 spiro atoms. The fourth-order valence-electron chi connectivity index (χ4n) is 5.99. The van der Waals surface area contributed by atoms with Gasteiger partial charge in [0.05, 0.1) is 75.6 Å². The lowest BCUT2D eigenvalue weighted by Gasteiger charge is -2.47. The van der Waals surface area contributed by atoms with E-state index in [1.807, 2.05) is 67.6 Å². The second-order valence-electron chi connectivity index (χ2n) is 11.0. The van der Waals surface area contributed by atoms with E-state index in [4.69, 9.17) is 28.4 Å². The summed E-state index contributed by atoms with van der Waals surface area (Å²) in [6.45, 7) is 3.38. The number of fused-ring (bicyclic) bond motifs is 2. The molecule has 212 valence electrons. The molecule has 0 saturated carbocycles. The summed E-state index contributed by atoms with van der Waals surface area (Å²) in [6.07, 6.45) is -0.0159. The Balaban J connectivity index is 1.27. The number of hydrogen-bond donors (Lipinski definition) is 1. The van der Waals surface area contributed by atoms with Crippen LogP contribution in [0.2, 0.25) is 0 Å². The van der Waals surface area contributed by atoms with E-state index >= 15 is 0 Å². The van der Waals surface area contributed by atoms with Crippen LogP contribution in [0.3, 0.4) is 0 Å². The zero-order valence-electron chi connectivity index (χ0n) is 22.8. The third-order valence-electron chi connectivity index (χ3n) is 8.14. The molecule has 2 aromatic carbocycles. The van der Waals surface area contributed by atoms with Gasteiger partial charge in [0.25, 0.3) is 0 Å². The normalized spacial score (nSPS) is 34.4. The number of carbonyl (C=O) groups excluding carboxylic acids is 1. The van der Waals surface area contributed by atoms with Gasteiger partial charge in [-0.05, 0) is 30.9 Å². The molecule has 0 aliphatic carbocycles. The second kappa shape index (κ2) is 12.9. The van der Waals surface area contributed by atoms with Gasteiger partial charge in [-0.1, -0.05) is 60.7 Å². The van der Waals surface area contributed by atoms with Crippen LogP contribution >= 0.6 is 0 Å². The van der Waals surface area contributed by atoms with Crippen molar-refractivity contribution in [3.63, 3.8) is 0 Å². The summed E-state index contributed by atoms with van der Waals surface area (Å²) in [4.78, 5) is 11.9. The Morgan fingerprint density at radius 1 is 0.949 bits per heavy atom. The highest BCUT2D eigenvalue weighted by molar-refractivity contribution is 5.69. The fraction of sp³-hybridized carbons (Fsp3) is 0.581. The lowest BCUT2D eigenvalue weighted by molar-refractivity contribution is -0.266. The Morgan fingerprint density at radius 3 is 2.33 bits per heavy atom. The molecule has 3 heterocycles. The van der Waals surface area contributed by atoms with Crippen molar-refractivity contribution in [2.45, 2.75) is 101 Å². The van der Waals surface area contributed by atoms with Gasteiger partial charge in [-0.2, -0.15) is 0 Å². The van der Waals surface area contributed by atoms with Crippen molar-refractivity contribution >= 4 is 5.97 Å². The van der Waals surface area contributed by atoms with Gasteiger partial charge in [-0.25, -0.2) is 0 Å². The minimum absolute atomic E-state index is 0.0177. The summed E-state index contributed by atoms with van der Waals surface area (Å²) in [7, 11) is 1.34. The molecule has 8 heteroatoms. The van der Waals surface area contributed by atoms with Crippen LogP contribution in [0.1, 0.15) is 50.2 Å². The van der Waals surface area contributed by atoms with E-state index in [1.54, 1.807) is 0 Å². The lowest BCUT2D eigenvalue weighted by Crippen LogP contribution is -2.58. The van der Waals surface area contributed by atoms with E-state index in [1.165, 1.54) is 7.11 Å². The third-order valence-corrected chi connectivity index (χ3v) is 8.14. The van der Waals surface area contributed by atoms with E-state index in [2.05, 4.69) is 0 Å². The molecule has 1 N–H and O–H groups in total. The second-order valence-corrected chi connectivity index (χ2v) is 11.0. The topological polar surface area (TPSA) is 92.7 Å². The molecule has 0 aromatic heterocycles. The number of hydrogen-bond acceptors (Lipinski definition) is 8. The maximum absolute atomic E-state index is 11.9. The highest BCUT2D eigenvalue weighted by Crippen LogP contribution is 2.43. The van der Waals surface area contributed by atoms with Crippen molar-refractivity contribution in [1.29, 1.82) is 0 Å². The molecular formula is C31H40O8. The van der Waals surface area contributed by atoms with Crippen molar-refractivity contribution in [3.8, 4) is 0 Å². The quantitative estimate of drug-likeness (QED) is 0.478. The Bertz CT molecular complexity index is 1050. The van der Waals surface area contributed by atoms with Crippen molar-refractivity contribution in [3.05, 3.63) is 71.8 Å².